The summed E-state index contributed by atoms with van der Waals surface area (Å²) in [5, 5.41) is 95.5. The minimum atomic E-state index is -2.12. The van der Waals surface area contributed by atoms with Crippen LogP contribution in [0.1, 0.15) is 198 Å². The number of hydrogen-bond donors (Lipinski definition) is 17. The highest BCUT2D eigenvalue weighted by molar-refractivity contribution is 8.14. The second kappa shape index (κ2) is 33.4. The summed E-state index contributed by atoms with van der Waals surface area (Å²) < 4.78 is 6.35. The average molecular weight is 1600 g/mol. The monoisotopic (exact) mass is 1600 g/mol. The van der Waals surface area contributed by atoms with Crippen molar-refractivity contribution < 1.29 is 78.2 Å². The first-order chi connectivity index (χ1) is 50.9. The Morgan fingerprint density at radius 2 is 1.48 bits per heavy atom. The number of esters is 1. The molecule has 12 unspecified atom stereocenters. The number of thiazole rings is 4. The van der Waals surface area contributed by atoms with Gasteiger partial charge in [-0.05, 0) is 85.8 Å². The third kappa shape index (κ3) is 17.5. The Morgan fingerprint density at radius 1 is 0.787 bits per heavy atom. The predicted octanol–water partition coefficient (Wildman–Crippen LogP) is 1.13. The van der Waals surface area contributed by atoms with Crippen LogP contribution in [0, 0.1) is 5.92 Å². The summed E-state index contributed by atoms with van der Waals surface area (Å²) in [5.74, 6) is -9.52. The van der Waals surface area contributed by atoms with E-state index in [9.17, 15) is 63.9 Å². The van der Waals surface area contributed by atoms with Crippen molar-refractivity contribution >= 4 is 145 Å². The topological polar surface area (TPSA) is 516 Å². The number of cyclic esters (lactones) is 1. The molecule has 108 heavy (non-hydrogen) atoms. The minimum absolute atomic E-state index is 0.0118. The van der Waals surface area contributed by atoms with Crippen LogP contribution in [0.25, 0.3) is 6.08 Å². The molecular formula is C68H82N18O16S6. The first-order valence-corrected chi connectivity index (χ1v) is 38.9. The Morgan fingerprint density at radius 3 is 2.16 bits per heavy atom. The normalized spacial score (nSPS) is 28.3. The van der Waals surface area contributed by atoms with Gasteiger partial charge in [-0.15, -0.1) is 57.1 Å². The van der Waals surface area contributed by atoms with Gasteiger partial charge >= 0.3 is 5.97 Å². The number of piperidine rings is 1. The number of rotatable bonds is 9. The van der Waals surface area contributed by atoms with Crippen molar-refractivity contribution in [2.24, 2.45) is 16.6 Å². The number of fused-ring (bicyclic) bond motifs is 7. The zero-order chi connectivity index (χ0) is 78.9. The molecule has 5 aromatic rings. The van der Waals surface area contributed by atoms with Crippen LogP contribution in [0.2, 0.25) is 0 Å². The number of nitrogens with two attached hydrogens (primary N) is 1. The van der Waals surface area contributed by atoms with Crippen LogP contribution >= 0.6 is 69.3 Å². The van der Waals surface area contributed by atoms with Crippen molar-refractivity contribution in [2.45, 2.75) is 184 Å². The number of pyridine rings is 1. The summed E-state index contributed by atoms with van der Waals surface area (Å²) in [4.78, 5) is 170. The van der Waals surface area contributed by atoms with Gasteiger partial charge in [-0.3, -0.25) is 58.8 Å². The first kappa shape index (κ1) is 81.5. The number of aromatic nitrogens is 5. The van der Waals surface area contributed by atoms with Crippen molar-refractivity contribution in [1.82, 2.24) is 83.4 Å². The fourth-order valence-electron chi connectivity index (χ4n) is 12.2. The molecule has 5 aliphatic rings. The summed E-state index contributed by atoms with van der Waals surface area (Å²) in [6.07, 6.45) is -2.78. The summed E-state index contributed by atoms with van der Waals surface area (Å²) in [5.41, 5.74) is 0.162. The van der Waals surface area contributed by atoms with Crippen molar-refractivity contribution in [1.29, 1.82) is 0 Å². The number of aliphatic hydroxyl groups is 5. The van der Waals surface area contributed by atoms with Gasteiger partial charge in [0.15, 0.2) is 0 Å². The molecule has 0 aromatic carbocycles. The number of amides is 9. The lowest BCUT2D eigenvalue weighted by Crippen LogP contribution is -2.61. The number of thioether (sulfide) groups is 1. The van der Waals surface area contributed by atoms with Crippen molar-refractivity contribution in [3.05, 3.63) is 135 Å². The van der Waals surface area contributed by atoms with Gasteiger partial charge in [-0.1, -0.05) is 57.5 Å². The van der Waals surface area contributed by atoms with E-state index in [1.807, 2.05) is 0 Å². The number of hydrogen-bond acceptors (Lipinski definition) is 30. The highest BCUT2D eigenvalue weighted by Crippen LogP contribution is 2.48. The molecule has 4 aliphatic heterocycles. The van der Waals surface area contributed by atoms with Crippen LogP contribution in [0.3, 0.4) is 0 Å². The van der Waals surface area contributed by atoms with E-state index in [-0.39, 0.29) is 94.6 Å². The summed E-state index contributed by atoms with van der Waals surface area (Å²) in [6.45, 7) is 21.8. The van der Waals surface area contributed by atoms with E-state index < -0.39 is 179 Å². The standard InChI is InChI=1S/C68H82N18O16S6/c1-13-35-61-79-41(21-104-61)57(97)85-50(67(12,101)32(11)89)64-81-43(23-107-64)60(103)84-46-31(10)102-65(100)38-18-34(29(8)87)33-14-15-36(48(90)47(33)75-38)74-44(24(2)3)58(98)73-27(6)53(93)71-26(5)52(92)72-28(7)54(94)86-68(66-82-42(22-108-66)56(96)83-45(30(9)88)59(99)77-35)17-16-37(76-49(68)39-19-106-63(46)78-39)62-80-40(20-105-62)55(95)70-25(4)51(69)91/h13-15,18-20,22-24,27-32,36-37,41,44-46,48-50,74,76,87-90,101H,4-5,16-17,21H2,1-3,6-12H3,(H2,69,91)(H,70,95)(H,71,93)(H,72,92)(H,73,98)(H,77,99)(H,83,96)(H,84,103)(H,85,97)(H,86,94)/b35-13-/t27?,28-,29?,30?,31?,32?,36?,37+,41?,44?,45?,46?,48-,49+,50?,67?,68+/m0/s1. The van der Waals surface area contributed by atoms with Crippen molar-refractivity contribution in [3.8, 4) is 0 Å². The maximum absolute atomic E-state index is 15.3. The molecule has 0 radical (unpaired) electrons. The molecule has 40 heteroatoms. The zero-order valence-corrected chi connectivity index (χ0v) is 64.7. The van der Waals surface area contributed by atoms with Crippen LogP contribution in [0.4, 0.5) is 0 Å². The molecule has 17 atom stereocenters. The largest absolute Gasteiger partial charge is 0.455 e. The molecule has 0 saturated carbocycles. The lowest BCUT2D eigenvalue weighted by molar-refractivity contribution is -0.131. The highest BCUT2D eigenvalue weighted by atomic mass is 32.2. The number of carbonyl (C=O) groups excluding carboxylic acids is 10. The van der Waals surface area contributed by atoms with E-state index >= 15 is 9.59 Å². The van der Waals surface area contributed by atoms with Crippen LogP contribution in [0.15, 0.2) is 75.0 Å². The molecule has 10 rings (SSSR count). The van der Waals surface area contributed by atoms with Crippen molar-refractivity contribution in [2.75, 3.05) is 5.75 Å². The fourth-order valence-corrected chi connectivity index (χ4v) is 17.4. The van der Waals surface area contributed by atoms with Gasteiger partial charge in [-0.2, -0.15) is 0 Å². The van der Waals surface area contributed by atoms with E-state index in [0.29, 0.717) is 5.01 Å². The molecule has 576 valence electrons. The Hall–Kier alpha value is -9.04. The zero-order valence-electron chi connectivity index (χ0n) is 59.8. The second-order valence-corrected chi connectivity index (χ2v) is 31.9. The van der Waals surface area contributed by atoms with Gasteiger partial charge < -0.3 is 83.9 Å². The van der Waals surface area contributed by atoms with Gasteiger partial charge in [0.25, 0.3) is 23.6 Å². The van der Waals surface area contributed by atoms with Crippen LogP contribution in [-0.4, -0.2) is 186 Å². The Balaban J connectivity index is 1.17. The molecule has 13 bridgehead atoms. The van der Waals surface area contributed by atoms with Crippen LogP contribution in [-0.2, 0) is 43.8 Å². The molecule has 1 saturated heterocycles. The average Bonchev–Trinajstić information content (AvgIpc) is 1.50. The minimum Gasteiger partial charge on any atom is -0.455 e. The molecule has 1 aliphatic carbocycles. The number of nitrogens with zero attached hydrogens (tertiary/aromatic N) is 6. The van der Waals surface area contributed by atoms with Gasteiger partial charge in [0.05, 0.1) is 71.0 Å². The molecule has 18 N–H and O–H groups in total. The fraction of sp³-hybridized carbons (Fsp3) is 0.456. The van der Waals surface area contributed by atoms with E-state index in [4.69, 9.17) is 37.6 Å². The second-order valence-electron chi connectivity index (χ2n) is 27.0. The van der Waals surface area contributed by atoms with Gasteiger partial charge in [0.2, 0.25) is 29.5 Å². The SMILES string of the molecule is C=C(NC(=O)c1csc([C@H]2CC[C@]34NC(=O)[C@H](C)NC(=O)C(=C)NC(=O)C(C)NC(=O)C(C(C)C)NC5C=Cc6c(C(C)O)cc(nc6[C@H]5O)C(=O)OC(C)C(NC(=S)c5csc(n5)C(C(C)(O)C(C)O)NC(=O)C5CSC(=N5)/C(=C/C)NC(=O)C(C(C)O)NC(=O)c5csc3n5)c3nc(cs3)[C@H]4N2)n1)C(N)=O. The van der Waals surface area contributed by atoms with Crippen LogP contribution < -0.4 is 64.2 Å². The summed E-state index contributed by atoms with van der Waals surface area (Å²) in [7, 11) is 0. The highest BCUT2D eigenvalue weighted by Gasteiger charge is 2.52. The lowest BCUT2D eigenvalue weighted by Gasteiger charge is -2.46. The Labute approximate surface area is 644 Å². The van der Waals surface area contributed by atoms with Crippen molar-refractivity contribution in [3.63, 3.8) is 0 Å². The first-order valence-electron chi connectivity index (χ1n) is 34.0. The van der Waals surface area contributed by atoms with E-state index in [1.165, 1.54) is 76.7 Å². The molecule has 9 heterocycles. The van der Waals surface area contributed by atoms with Crippen LogP contribution in [0.5, 0.6) is 0 Å². The molecule has 9 amide bonds. The number of primary amides is 1. The van der Waals surface area contributed by atoms with E-state index in [1.54, 1.807) is 38.3 Å². The van der Waals surface area contributed by atoms with Gasteiger partial charge in [0, 0.05) is 32.8 Å². The third-order valence-corrected chi connectivity index (χ3v) is 23.9. The maximum Gasteiger partial charge on any atom is 0.357 e. The van der Waals surface area contributed by atoms with Gasteiger partial charge in [0.1, 0.15) is 112 Å². The number of aliphatic hydroxyl groups excluding tert-OH is 4. The number of carbonyl (C=O) groups is 10. The Bertz CT molecular complexity index is 4540. The molecule has 1 fully saturated rings. The number of nitrogens with one attached hydrogen (secondary N) is 11. The summed E-state index contributed by atoms with van der Waals surface area (Å²) >= 11 is 11.1. The van der Waals surface area contributed by atoms with Gasteiger partial charge in [-0.25, -0.2) is 29.7 Å². The predicted molar refractivity (Wildman–Crippen MR) is 403 cm³/mol. The summed E-state index contributed by atoms with van der Waals surface area (Å²) in [6, 6.07) is -11.5. The van der Waals surface area contributed by atoms with E-state index in [2.05, 4.69) is 86.6 Å². The van der Waals surface area contributed by atoms with E-state index in [0.717, 1.165) is 57.1 Å². The molecule has 34 nitrogen and oxygen atoms in total. The number of thiocarbonyl (C=S) groups is 1. The quantitative estimate of drug-likeness (QED) is 0.0559. The number of allylic oxidation sites excluding steroid dienone is 1. The maximum atomic E-state index is 15.3. The molecular weight excluding hydrogens is 1520 g/mol. The molecule has 0 spiro atoms. The number of ether oxygens (including phenoxy) is 1. The third-order valence-electron chi connectivity index (χ3n) is 18.7. The molecule has 5 aromatic heterocycles. The lowest BCUT2D eigenvalue weighted by atomic mass is 9.78. The number of aliphatic imine (C=N–C) groups is 1. The Kier molecular flexibility index (Phi) is 25.2. The smallest absolute Gasteiger partial charge is 0.357 e.